The van der Waals surface area contributed by atoms with Gasteiger partial charge in [-0.1, -0.05) is 22.0 Å². The van der Waals surface area contributed by atoms with Crippen molar-refractivity contribution in [3.05, 3.63) is 33.8 Å². The molecular formula is C10H11BrClNO. The van der Waals surface area contributed by atoms with Crippen LogP contribution in [0.15, 0.2) is 22.7 Å². The molecule has 0 aromatic heterocycles. The van der Waals surface area contributed by atoms with Gasteiger partial charge in [-0.25, -0.2) is 0 Å². The van der Waals surface area contributed by atoms with Crippen LogP contribution in [0.5, 0.6) is 0 Å². The minimum Gasteiger partial charge on any atom is -0.305 e. The van der Waals surface area contributed by atoms with E-state index in [1.165, 1.54) is 0 Å². The summed E-state index contributed by atoms with van der Waals surface area (Å²) in [6.45, 7) is 0.831. The van der Waals surface area contributed by atoms with Crippen LogP contribution in [0.1, 0.15) is 15.9 Å². The lowest BCUT2D eigenvalue weighted by molar-refractivity contribution is 0.108. The molecule has 0 amide bonds. The predicted molar refractivity (Wildman–Crippen MR) is 61.7 cm³/mol. The molecular weight excluding hydrogens is 265 g/mol. The molecule has 1 aromatic rings. The lowest BCUT2D eigenvalue weighted by Crippen LogP contribution is -2.11. The molecule has 0 heterocycles. The lowest BCUT2D eigenvalue weighted by atomic mass is 10.1. The van der Waals surface area contributed by atoms with E-state index in [0.717, 1.165) is 16.6 Å². The number of halogens is 2. The fourth-order valence-electron chi connectivity index (χ4n) is 1.14. The van der Waals surface area contributed by atoms with Gasteiger partial charge in [-0.3, -0.25) is 4.79 Å². The minimum atomic E-state index is -0.429. The number of rotatable bonds is 3. The topological polar surface area (TPSA) is 20.3 Å². The normalized spacial score (nSPS) is 10.6. The SMILES string of the molecule is CN(C)Cc1ccc(C(=O)Cl)cc1Br. The van der Waals surface area contributed by atoms with Crippen molar-refractivity contribution < 1.29 is 4.79 Å². The summed E-state index contributed by atoms with van der Waals surface area (Å²) in [5.41, 5.74) is 1.65. The van der Waals surface area contributed by atoms with E-state index in [-0.39, 0.29) is 0 Å². The molecule has 0 saturated heterocycles. The van der Waals surface area contributed by atoms with E-state index >= 15 is 0 Å². The zero-order chi connectivity index (χ0) is 10.7. The van der Waals surface area contributed by atoms with Crippen LogP contribution in [-0.2, 0) is 6.54 Å². The van der Waals surface area contributed by atoms with Crippen LogP contribution in [0.3, 0.4) is 0 Å². The largest absolute Gasteiger partial charge is 0.305 e. The molecule has 0 N–H and O–H groups in total. The van der Waals surface area contributed by atoms with Crippen molar-refractivity contribution in [2.75, 3.05) is 14.1 Å². The van der Waals surface area contributed by atoms with Gasteiger partial charge in [-0.05, 0) is 43.4 Å². The van der Waals surface area contributed by atoms with E-state index in [1.807, 2.05) is 20.2 Å². The van der Waals surface area contributed by atoms with E-state index in [2.05, 4.69) is 20.8 Å². The van der Waals surface area contributed by atoms with Crippen LogP contribution in [0.2, 0.25) is 0 Å². The summed E-state index contributed by atoms with van der Waals surface area (Å²) in [6, 6.07) is 5.38. The highest BCUT2D eigenvalue weighted by molar-refractivity contribution is 9.10. The maximum Gasteiger partial charge on any atom is 0.252 e. The van der Waals surface area contributed by atoms with Crippen LogP contribution in [0.4, 0.5) is 0 Å². The molecule has 0 atom stereocenters. The van der Waals surface area contributed by atoms with E-state index < -0.39 is 5.24 Å². The fraction of sp³-hybridized carbons (Fsp3) is 0.300. The fourth-order valence-corrected chi connectivity index (χ4v) is 1.76. The Hall–Kier alpha value is -0.380. The first-order valence-electron chi connectivity index (χ1n) is 4.13. The first-order chi connectivity index (χ1) is 6.50. The molecule has 0 saturated carbocycles. The highest BCUT2D eigenvalue weighted by Gasteiger charge is 2.06. The van der Waals surface area contributed by atoms with E-state index in [9.17, 15) is 4.79 Å². The monoisotopic (exact) mass is 275 g/mol. The summed E-state index contributed by atoms with van der Waals surface area (Å²) < 4.78 is 0.915. The number of hydrogen-bond donors (Lipinski definition) is 0. The van der Waals surface area contributed by atoms with Gasteiger partial charge in [-0.2, -0.15) is 0 Å². The third-order valence-electron chi connectivity index (χ3n) is 1.77. The lowest BCUT2D eigenvalue weighted by Gasteiger charge is -2.11. The minimum absolute atomic E-state index is 0.429. The van der Waals surface area contributed by atoms with Gasteiger partial charge in [-0.15, -0.1) is 0 Å². The van der Waals surface area contributed by atoms with Crippen molar-refractivity contribution in [1.82, 2.24) is 4.90 Å². The first-order valence-corrected chi connectivity index (χ1v) is 5.31. The van der Waals surface area contributed by atoms with Gasteiger partial charge in [0.25, 0.3) is 5.24 Å². The van der Waals surface area contributed by atoms with Crippen LogP contribution in [-0.4, -0.2) is 24.2 Å². The van der Waals surface area contributed by atoms with Crippen molar-refractivity contribution in [3.8, 4) is 0 Å². The summed E-state index contributed by atoms with van der Waals surface area (Å²) in [6.07, 6.45) is 0. The summed E-state index contributed by atoms with van der Waals surface area (Å²) >= 11 is 8.77. The Kier molecular flexibility index (Phi) is 4.11. The molecule has 2 nitrogen and oxygen atoms in total. The average Bonchev–Trinajstić information content (AvgIpc) is 2.07. The highest BCUT2D eigenvalue weighted by Crippen LogP contribution is 2.20. The third-order valence-corrected chi connectivity index (χ3v) is 2.72. The Balaban J connectivity index is 2.95. The number of carbonyl (C=O) groups is 1. The van der Waals surface area contributed by atoms with Gasteiger partial charge >= 0.3 is 0 Å². The second-order valence-corrected chi connectivity index (χ2v) is 4.52. The van der Waals surface area contributed by atoms with Crippen LogP contribution >= 0.6 is 27.5 Å². The Morgan fingerprint density at radius 2 is 2.14 bits per heavy atom. The molecule has 0 bridgehead atoms. The number of benzene rings is 1. The molecule has 0 fully saturated rings. The molecule has 0 unspecified atom stereocenters. The molecule has 4 heteroatoms. The molecule has 0 spiro atoms. The number of nitrogens with zero attached hydrogens (tertiary/aromatic N) is 1. The number of carbonyl (C=O) groups excluding carboxylic acids is 1. The van der Waals surface area contributed by atoms with Crippen molar-refractivity contribution in [3.63, 3.8) is 0 Å². The summed E-state index contributed by atoms with van der Waals surface area (Å²) in [7, 11) is 3.99. The zero-order valence-corrected chi connectivity index (χ0v) is 10.4. The molecule has 1 rings (SSSR count). The molecule has 76 valence electrons. The van der Waals surface area contributed by atoms with E-state index in [4.69, 9.17) is 11.6 Å². The van der Waals surface area contributed by atoms with Crippen LogP contribution < -0.4 is 0 Å². The summed E-state index contributed by atoms with van der Waals surface area (Å²) in [5, 5.41) is -0.429. The Morgan fingerprint density at radius 3 is 2.57 bits per heavy atom. The van der Waals surface area contributed by atoms with Gasteiger partial charge in [0.2, 0.25) is 0 Å². The van der Waals surface area contributed by atoms with Crippen molar-refractivity contribution >= 4 is 32.8 Å². The second kappa shape index (κ2) is 4.91. The summed E-state index contributed by atoms with van der Waals surface area (Å²) in [5.74, 6) is 0. The van der Waals surface area contributed by atoms with E-state index in [1.54, 1.807) is 12.1 Å². The highest BCUT2D eigenvalue weighted by atomic mass is 79.9. The quantitative estimate of drug-likeness (QED) is 0.791. The molecule has 1 aromatic carbocycles. The van der Waals surface area contributed by atoms with Crippen LogP contribution in [0.25, 0.3) is 0 Å². The van der Waals surface area contributed by atoms with Gasteiger partial charge in [0.15, 0.2) is 0 Å². The smallest absolute Gasteiger partial charge is 0.252 e. The van der Waals surface area contributed by atoms with Crippen molar-refractivity contribution in [2.24, 2.45) is 0 Å². The zero-order valence-electron chi connectivity index (χ0n) is 8.05. The van der Waals surface area contributed by atoms with Gasteiger partial charge < -0.3 is 4.90 Å². The van der Waals surface area contributed by atoms with E-state index in [0.29, 0.717) is 5.56 Å². The molecule has 0 radical (unpaired) electrons. The standard InChI is InChI=1S/C10H11BrClNO/c1-13(2)6-8-4-3-7(10(12)14)5-9(8)11/h3-5H,6H2,1-2H3. The predicted octanol–water partition coefficient (Wildman–Crippen LogP) is 2.89. The molecule has 0 aliphatic heterocycles. The number of hydrogen-bond acceptors (Lipinski definition) is 2. The van der Waals surface area contributed by atoms with Gasteiger partial charge in [0, 0.05) is 16.6 Å². The second-order valence-electron chi connectivity index (χ2n) is 3.32. The third kappa shape index (κ3) is 3.08. The van der Waals surface area contributed by atoms with Gasteiger partial charge in [0.1, 0.15) is 0 Å². The van der Waals surface area contributed by atoms with Crippen LogP contribution in [0, 0.1) is 0 Å². The molecule has 0 aliphatic rings. The molecule has 0 aliphatic carbocycles. The average molecular weight is 277 g/mol. The van der Waals surface area contributed by atoms with Crippen molar-refractivity contribution in [2.45, 2.75) is 6.54 Å². The maximum absolute atomic E-state index is 10.9. The maximum atomic E-state index is 10.9. The van der Waals surface area contributed by atoms with Gasteiger partial charge in [0.05, 0.1) is 0 Å². The van der Waals surface area contributed by atoms with Crippen molar-refractivity contribution in [1.29, 1.82) is 0 Å². The Bertz CT molecular complexity index is 352. The Morgan fingerprint density at radius 1 is 1.50 bits per heavy atom. The molecule has 14 heavy (non-hydrogen) atoms. The summed E-state index contributed by atoms with van der Waals surface area (Å²) in [4.78, 5) is 12.9. The Labute approximate surface area is 97.0 Å². The first kappa shape index (κ1) is 11.7.